The highest BCUT2D eigenvalue weighted by Crippen LogP contribution is 2.25. The molecule has 1 heterocycles. The van der Waals surface area contributed by atoms with Crippen molar-refractivity contribution in [2.75, 3.05) is 19.0 Å². The molecule has 0 unspecified atom stereocenters. The number of hydrogen-bond donors (Lipinski definition) is 3. The van der Waals surface area contributed by atoms with E-state index in [2.05, 4.69) is 27.0 Å². The van der Waals surface area contributed by atoms with Crippen LogP contribution >= 0.6 is 23.2 Å². The lowest BCUT2D eigenvalue weighted by Crippen LogP contribution is -2.11. The van der Waals surface area contributed by atoms with Crippen LogP contribution in [0.5, 0.6) is 0 Å². The largest absolute Gasteiger partial charge is 0.473 e. The van der Waals surface area contributed by atoms with Crippen LogP contribution in [-0.2, 0) is 27.4 Å². The lowest BCUT2D eigenvalue weighted by molar-refractivity contribution is -0.159. The molecule has 0 amide bonds. The SMILES string of the molecule is COCCn1c(-c2ccccc2)cnc1NCc1ccc(Cl)c(Cl)c1.O=C(O)C(=O)O. The molecule has 3 aromatic rings. The highest BCUT2D eigenvalue weighted by atomic mass is 35.5. The summed E-state index contributed by atoms with van der Waals surface area (Å²) < 4.78 is 7.37. The molecule has 0 saturated carbocycles. The van der Waals surface area contributed by atoms with Crippen molar-refractivity contribution < 1.29 is 24.5 Å². The second kappa shape index (κ2) is 11.9. The maximum atomic E-state index is 9.10. The van der Waals surface area contributed by atoms with Crippen molar-refractivity contribution in [1.29, 1.82) is 0 Å². The minimum atomic E-state index is -1.82. The number of nitrogens with zero attached hydrogens (tertiary/aromatic N) is 2. The number of imidazole rings is 1. The summed E-state index contributed by atoms with van der Waals surface area (Å²) in [7, 11) is 1.70. The Morgan fingerprint density at radius 3 is 2.32 bits per heavy atom. The van der Waals surface area contributed by atoms with Crippen LogP contribution in [0.1, 0.15) is 5.56 Å². The van der Waals surface area contributed by atoms with E-state index < -0.39 is 11.9 Å². The van der Waals surface area contributed by atoms with Crippen LogP contribution in [0.3, 0.4) is 0 Å². The fourth-order valence-electron chi connectivity index (χ4n) is 2.60. The van der Waals surface area contributed by atoms with E-state index in [9.17, 15) is 0 Å². The topological polar surface area (TPSA) is 114 Å². The predicted octanol–water partition coefficient (Wildman–Crippen LogP) is 4.27. The smallest absolute Gasteiger partial charge is 0.414 e. The van der Waals surface area contributed by atoms with E-state index >= 15 is 0 Å². The molecule has 0 atom stereocenters. The Kier molecular flexibility index (Phi) is 9.33. The number of carbonyl (C=O) groups is 2. The van der Waals surface area contributed by atoms with Crippen LogP contribution in [0.4, 0.5) is 5.95 Å². The number of aromatic nitrogens is 2. The van der Waals surface area contributed by atoms with E-state index in [1.807, 2.05) is 36.5 Å². The van der Waals surface area contributed by atoms with Crippen molar-refractivity contribution in [1.82, 2.24) is 9.55 Å². The summed E-state index contributed by atoms with van der Waals surface area (Å²) >= 11 is 12.1. The highest BCUT2D eigenvalue weighted by molar-refractivity contribution is 6.42. The molecule has 0 bridgehead atoms. The van der Waals surface area contributed by atoms with E-state index in [0.29, 0.717) is 29.7 Å². The summed E-state index contributed by atoms with van der Waals surface area (Å²) in [6.07, 6.45) is 1.88. The molecular weight excluding hydrogens is 445 g/mol. The maximum Gasteiger partial charge on any atom is 0.414 e. The number of carboxylic acids is 2. The first-order chi connectivity index (χ1) is 14.8. The van der Waals surface area contributed by atoms with Crippen LogP contribution in [0, 0.1) is 0 Å². The number of halogens is 2. The number of nitrogens with one attached hydrogen (secondary N) is 1. The number of carboxylic acid groups (broad SMARTS) is 2. The zero-order valence-electron chi connectivity index (χ0n) is 16.6. The van der Waals surface area contributed by atoms with Crippen LogP contribution in [0.25, 0.3) is 11.3 Å². The van der Waals surface area contributed by atoms with E-state index in [1.165, 1.54) is 0 Å². The summed E-state index contributed by atoms with van der Waals surface area (Å²) in [5.74, 6) is -2.85. The van der Waals surface area contributed by atoms with Crippen LogP contribution in [-0.4, -0.2) is 45.4 Å². The minimum Gasteiger partial charge on any atom is -0.473 e. The van der Waals surface area contributed by atoms with Crippen molar-refractivity contribution in [3.8, 4) is 11.3 Å². The summed E-state index contributed by atoms with van der Waals surface area (Å²) in [4.78, 5) is 22.7. The van der Waals surface area contributed by atoms with Gasteiger partial charge in [-0.05, 0) is 23.3 Å². The third-order valence-corrected chi connectivity index (χ3v) is 4.80. The molecule has 3 rings (SSSR count). The zero-order valence-corrected chi connectivity index (χ0v) is 18.1. The van der Waals surface area contributed by atoms with E-state index in [-0.39, 0.29) is 0 Å². The molecule has 0 fully saturated rings. The molecule has 0 spiro atoms. The lowest BCUT2D eigenvalue weighted by atomic mass is 10.2. The van der Waals surface area contributed by atoms with Crippen molar-refractivity contribution in [2.45, 2.75) is 13.1 Å². The van der Waals surface area contributed by atoms with Crippen LogP contribution < -0.4 is 5.32 Å². The van der Waals surface area contributed by atoms with Gasteiger partial charge in [0, 0.05) is 20.2 Å². The number of methoxy groups -OCH3 is 1. The third kappa shape index (κ3) is 7.29. The van der Waals surface area contributed by atoms with Gasteiger partial charge in [-0.3, -0.25) is 0 Å². The van der Waals surface area contributed by atoms with Gasteiger partial charge in [0.05, 0.1) is 28.5 Å². The molecule has 3 N–H and O–H groups in total. The summed E-state index contributed by atoms with van der Waals surface area (Å²) in [6, 6.07) is 15.8. The fraction of sp³-hybridized carbons (Fsp3) is 0.190. The zero-order chi connectivity index (χ0) is 22.8. The quantitative estimate of drug-likeness (QED) is 0.446. The molecule has 2 aromatic carbocycles. The van der Waals surface area contributed by atoms with Gasteiger partial charge in [-0.2, -0.15) is 0 Å². The van der Waals surface area contributed by atoms with Crippen molar-refractivity contribution >= 4 is 41.1 Å². The van der Waals surface area contributed by atoms with Gasteiger partial charge in [-0.15, -0.1) is 0 Å². The standard InChI is InChI=1S/C19H19Cl2N3O.C2H2O4/c1-25-10-9-24-18(15-5-3-2-4-6-15)13-23-19(24)22-12-14-7-8-16(20)17(21)11-14;3-1(4)2(5)6/h2-8,11,13H,9-10,12H2,1H3,(H,22,23);(H,3,4)(H,5,6). The molecule has 0 aliphatic carbocycles. The van der Waals surface area contributed by atoms with Crippen molar-refractivity contribution in [3.63, 3.8) is 0 Å². The van der Waals surface area contributed by atoms with E-state index in [4.69, 9.17) is 47.7 Å². The third-order valence-electron chi connectivity index (χ3n) is 4.06. The molecule has 0 saturated heterocycles. The van der Waals surface area contributed by atoms with Gasteiger partial charge in [0.15, 0.2) is 0 Å². The summed E-state index contributed by atoms with van der Waals surface area (Å²) in [5, 5.41) is 19.3. The van der Waals surface area contributed by atoms with Gasteiger partial charge < -0.3 is 24.8 Å². The second-order valence-electron chi connectivity index (χ2n) is 6.19. The first kappa shape index (κ1) is 24.2. The van der Waals surface area contributed by atoms with Gasteiger partial charge in [0.25, 0.3) is 0 Å². The molecule has 164 valence electrons. The average molecular weight is 466 g/mol. The Morgan fingerprint density at radius 1 is 1.06 bits per heavy atom. The molecule has 0 radical (unpaired) electrons. The number of anilines is 1. The van der Waals surface area contributed by atoms with Gasteiger partial charge in [0.1, 0.15) is 0 Å². The Hall–Kier alpha value is -3.07. The monoisotopic (exact) mass is 465 g/mol. The highest BCUT2D eigenvalue weighted by Gasteiger charge is 2.11. The van der Waals surface area contributed by atoms with Gasteiger partial charge in [-0.1, -0.05) is 59.6 Å². The lowest BCUT2D eigenvalue weighted by Gasteiger charge is -2.13. The number of rotatable bonds is 7. The Balaban J connectivity index is 0.000000501. The Bertz CT molecular complexity index is 1010. The van der Waals surface area contributed by atoms with Crippen LogP contribution in [0.2, 0.25) is 10.0 Å². The predicted molar refractivity (Wildman–Crippen MR) is 119 cm³/mol. The van der Waals surface area contributed by atoms with E-state index in [1.54, 1.807) is 13.2 Å². The van der Waals surface area contributed by atoms with Crippen molar-refractivity contribution in [3.05, 3.63) is 70.3 Å². The Morgan fingerprint density at radius 2 is 1.74 bits per heavy atom. The normalized spacial score (nSPS) is 10.2. The summed E-state index contributed by atoms with van der Waals surface area (Å²) in [5.41, 5.74) is 3.21. The van der Waals surface area contributed by atoms with Crippen LogP contribution in [0.15, 0.2) is 54.7 Å². The second-order valence-corrected chi connectivity index (χ2v) is 7.00. The minimum absolute atomic E-state index is 0.550. The van der Waals surface area contributed by atoms with E-state index in [0.717, 1.165) is 22.8 Å². The fourth-order valence-corrected chi connectivity index (χ4v) is 2.92. The van der Waals surface area contributed by atoms with Gasteiger partial charge in [0.2, 0.25) is 5.95 Å². The maximum absolute atomic E-state index is 9.10. The molecule has 8 nitrogen and oxygen atoms in total. The molecule has 1 aromatic heterocycles. The number of aliphatic carboxylic acids is 2. The molecule has 31 heavy (non-hydrogen) atoms. The van der Waals surface area contributed by atoms with Crippen molar-refractivity contribution in [2.24, 2.45) is 0 Å². The number of ether oxygens (including phenoxy) is 1. The molecule has 0 aliphatic heterocycles. The molecule has 10 heteroatoms. The number of benzene rings is 2. The van der Waals surface area contributed by atoms with Gasteiger partial charge >= 0.3 is 11.9 Å². The Labute approximate surface area is 189 Å². The molecular formula is C21H21Cl2N3O5. The molecule has 0 aliphatic rings. The summed E-state index contributed by atoms with van der Waals surface area (Å²) in [6.45, 7) is 1.93. The van der Waals surface area contributed by atoms with Gasteiger partial charge in [-0.25, -0.2) is 14.6 Å². The number of hydrogen-bond acceptors (Lipinski definition) is 5. The first-order valence-corrected chi connectivity index (χ1v) is 9.83. The first-order valence-electron chi connectivity index (χ1n) is 9.07. The average Bonchev–Trinajstić information content (AvgIpc) is 3.16.